The predicted octanol–water partition coefficient (Wildman–Crippen LogP) is 2.54. The molecule has 2 fully saturated rings. The summed E-state index contributed by atoms with van der Waals surface area (Å²) in [5.74, 6) is 0.142. The largest absolute Gasteiger partial charge is 0.338 e. The molecule has 0 bridgehead atoms. The average Bonchev–Trinajstić information content (AvgIpc) is 3.23. The minimum Gasteiger partial charge on any atom is -0.338 e. The number of hydrogen-bond donors (Lipinski definition) is 1. The van der Waals surface area contributed by atoms with Gasteiger partial charge in [0.1, 0.15) is 0 Å². The lowest BCUT2D eigenvalue weighted by molar-refractivity contribution is -0.124. The number of nitrogens with zero attached hydrogens (tertiary/aromatic N) is 4. The second-order valence-corrected chi connectivity index (χ2v) is 8.22. The zero-order valence-corrected chi connectivity index (χ0v) is 17.2. The minimum absolute atomic E-state index is 0.0113. The summed E-state index contributed by atoms with van der Waals surface area (Å²) in [6.07, 6.45) is 7.51. The van der Waals surface area contributed by atoms with Crippen LogP contribution in [0.2, 0.25) is 0 Å². The van der Waals surface area contributed by atoms with Crippen LogP contribution >= 0.6 is 11.3 Å². The lowest BCUT2D eigenvalue weighted by Gasteiger charge is -2.40. The standard InChI is InChI=1S/C19H31N5O2S/c1-3-20-18(26)23-12-10-22(11-13-23)15(2)17(25)24(19-21-9-14-27-19)16-7-5-4-6-8-16/h9,14-16H,3-8,10-13H2,1-2H3,(H,20,26). The number of piperazine rings is 1. The monoisotopic (exact) mass is 393 g/mol. The van der Waals surface area contributed by atoms with Crippen molar-refractivity contribution < 1.29 is 9.59 Å². The number of carbonyl (C=O) groups excluding carboxylic acids is 2. The Kier molecular flexibility index (Phi) is 7.07. The highest BCUT2D eigenvalue weighted by molar-refractivity contribution is 7.13. The Labute approximate surface area is 165 Å². The van der Waals surface area contributed by atoms with E-state index in [4.69, 9.17) is 0 Å². The van der Waals surface area contributed by atoms with Crippen molar-refractivity contribution in [2.24, 2.45) is 0 Å². The molecule has 0 aromatic carbocycles. The normalized spacial score (nSPS) is 20.3. The highest BCUT2D eigenvalue weighted by Crippen LogP contribution is 2.30. The highest BCUT2D eigenvalue weighted by Gasteiger charge is 2.35. The number of nitrogens with one attached hydrogen (secondary N) is 1. The van der Waals surface area contributed by atoms with Crippen molar-refractivity contribution in [3.63, 3.8) is 0 Å². The van der Waals surface area contributed by atoms with E-state index in [0.717, 1.165) is 31.1 Å². The minimum atomic E-state index is -0.202. The number of rotatable bonds is 5. The number of amides is 3. The van der Waals surface area contributed by atoms with Crippen molar-refractivity contribution >= 4 is 28.4 Å². The van der Waals surface area contributed by atoms with Crippen LogP contribution in [-0.2, 0) is 4.79 Å². The van der Waals surface area contributed by atoms with Crippen LogP contribution in [0, 0.1) is 0 Å². The first-order chi connectivity index (χ1) is 13.1. The van der Waals surface area contributed by atoms with Crippen LogP contribution in [0.25, 0.3) is 0 Å². The van der Waals surface area contributed by atoms with E-state index in [9.17, 15) is 9.59 Å². The Morgan fingerprint density at radius 2 is 1.96 bits per heavy atom. The lowest BCUT2D eigenvalue weighted by Crippen LogP contribution is -2.58. The predicted molar refractivity (Wildman–Crippen MR) is 108 cm³/mol. The van der Waals surface area contributed by atoms with Gasteiger partial charge in [0.2, 0.25) is 5.91 Å². The molecular weight excluding hydrogens is 362 g/mol. The Balaban J connectivity index is 1.64. The average molecular weight is 394 g/mol. The van der Waals surface area contributed by atoms with E-state index in [2.05, 4.69) is 15.2 Å². The SMILES string of the molecule is CCNC(=O)N1CCN(C(C)C(=O)N(c2nccs2)C2CCCCC2)CC1. The first-order valence-electron chi connectivity index (χ1n) is 10.1. The molecule has 1 N–H and O–H groups in total. The fourth-order valence-corrected chi connectivity index (χ4v) is 4.76. The van der Waals surface area contributed by atoms with E-state index in [0.29, 0.717) is 19.6 Å². The van der Waals surface area contributed by atoms with E-state index < -0.39 is 0 Å². The van der Waals surface area contributed by atoms with Gasteiger partial charge in [0.25, 0.3) is 0 Å². The summed E-state index contributed by atoms with van der Waals surface area (Å²) in [7, 11) is 0. The summed E-state index contributed by atoms with van der Waals surface area (Å²) < 4.78 is 0. The zero-order chi connectivity index (χ0) is 19.2. The van der Waals surface area contributed by atoms with Crippen LogP contribution in [-0.4, -0.2) is 71.5 Å². The molecule has 1 atom stereocenters. The second kappa shape index (κ2) is 9.50. The van der Waals surface area contributed by atoms with Gasteiger partial charge >= 0.3 is 6.03 Å². The molecule has 1 saturated heterocycles. The molecule has 0 radical (unpaired) electrons. The Morgan fingerprint density at radius 3 is 2.56 bits per heavy atom. The number of anilines is 1. The van der Waals surface area contributed by atoms with Crippen molar-refractivity contribution in [3.05, 3.63) is 11.6 Å². The van der Waals surface area contributed by atoms with Gasteiger partial charge in [-0.25, -0.2) is 9.78 Å². The van der Waals surface area contributed by atoms with Gasteiger partial charge in [0, 0.05) is 50.3 Å². The number of carbonyl (C=O) groups is 2. The summed E-state index contributed by atoms with van der Waals surface area (Å²) in [4.78, 5) is 35.8. The van der Waals surface area contributed by atoms with Gasteiger partial charge in [-0.2, -0.15) is 0 Å². The van der Waals surface area contributed by atoms with Gasteiger partial charge in [-0.15, -0.1) is 11.3 Å². The summed E-state index contributed by atoms with van der Waals surface area (Å²) in [5, 5.41) is 5.61. The maximum Gasteiger partial charge on any atom is 0.317 e. The third-order valence-corrected chi connectivity index (χ3v) is 6.41. The van der Waals surface area contributed by atoms with E-state index in [1.54, 1.807) is 17.5 Å². The van der Waals surface area contributed by atoms with Crippen molar-refractivity contribution in [2.75, 3.05) is 37.6 Å². The summed E-state index contributed by atoms with van der Waals surface area (Å²) in [6, 6.07) is 0.0476. The molecule has 7 nitrogen and oxygen atoms in total. The van der Waals surface area contributed by atoms with Crippen LogP contribution < -0.4 is 10.2 Å². The third kappa shape index (κ3) is 4.79. The summed E-state index contributed by atoms with van der Waals surface area (Å²) in [5.41, 5.74) is 0. The van der Waals surface area contributed by atoms with Crippen LogP contribution in [0.15, 0.2) is 11.6 Å². The first kappa shape index (κ1) is 20.1. The number of hydrogen-bond acceptors (Lipinski definition) is 5. The van der Waals surface area contributed by atoms with Crippen molar-refractivity contribution in [1.29, 1.82) is 0 Å². The maximum atomic E-state index is 13.4. The van der Waals surface area contributed by atoms with Gasteiger partial charge in [0.05, 0.1) is 6.04 Å². The number of thiazole rings is 1. The topological polar surface area (TPSA) is 68.8 Å². The molecule has 1 aliphatic heterocycles. The quantitative estimate of drug-likeness (QED) is 0.835. The summed E-state index contributed by atoms with van der Waals surface area (Å²) in [6.45, 7) is 7.31. The van der Waals surface area contributed by atoms with Gasteiger partial charge < -0.3 is 10.2 Å². The Morgan fingerprint density at radius 1 is 1.26 bits per heavy atom. The molecule has 1 aliphatic carbocycles. The van der Waals surface area contributed by atoms with Gasteiger partial charge in [-0.3, -0.25) is 14.6 Å². The molecule has 1 aromatic rings. The molecule has 27 heavy (non-hydrogen) atoms. The van der Waals surface area contributed by atoms with Gasteiger partial charge in [-0.1, -0.05) is 19.3 Å². The van der Waals surface area contributed by atoms with E-state index in [-0.39, 0.29) is 24.0 Å². The first-order valence-corrected chi connectivity index (χ1v) is 11.0. The van der Waals surface area contributed by atoms with E-state index in [1.807, 2.05) is 29.0 Å². The van der Waals surface area contributed by atoms with E-state index >= 15 is 0 Å². The van der Waals surface area contributed by atoms with Gasteiger partial charge in [0.15, 0.2) is 5.13 Å². The maximum absolute atomic E-state index is 13.4. The molecule has 3 rings (SSSR count). The number of aromatic nitrogens is 1. The fraction of sp³-hybridized carbons (Fsp3) is 0.737. The molecule has 1 unspecified atom stereocenters. The van der Waals surface area contributed by atoms with Crippen molar-refractivity contribution in [1.82, 2.24) is 20.1 Å². The highest BCUT2D eigenvalue weighted by atomic mass is 32.1. The Hall–Kier alpha value is -1.67. The smallest absolute Gasteiger partial charge is 0.317 e. The molecular formula is C19H31N5O2S. The molecule has 1 saturated carbocycles. The second-order valence-electron chi connectivity index (χ2n) is 7.35. The van der Waals surface area contributed by atoms with Crippen LogP contribution in [0.5, 0.6) is 0 Å². The van der Waals surface area contributed by atoms with Crippen molar-refractivity contribution in [3.8, 4) is 0 Å². The molecule has 3 amide bonds. The molecule has 2 heterocycles. The van der Waals surface area contributed by atoms with E-state index in [1.165, 1.54) is 19.3 Å². The number of urea groups is 1. The molecule has 1 aromatic heterocycles. The molecule has 150 valence electrons. The van der Waals surface area contributed by atoms with Crippen LogP contribution in [0.3, 0.4) is 0 Å². The lowest BCUT2D eigenvalue weighted by atomic mass is 9.94. The third-order valence-electron chi connectivity index (χ3n) is 5.64. The zero-order valence-electron chi connectivity index (χ0n) is 16.4. The molecule has 0 spiro atoms. The van der Waals surface area contributed by atoms with Gasteiger partial charge in [-0.05, 0) is 26.7 Å². The fourth-order valence-electron chi connectivity index (χ4n) is 4.04. The molecule has 8 heteroatoms. The van der Waals surface area contributed by atoms with Crippen molar-refractivity contribution in [2.45, 2.75) is 58.0 Å². The Bertz CT molecular complexity index is 610. The van der Waals surface area contributed by atoms with Crippen LogP contribution in [0.1, 0.15) is 46.0 Å². The summed E-state index contributed by atoms with van der Waals surface area (Å²) >= 11 is 1.54. The van der Waals surface area contributed by atoms with Crippen LogP contribution in [0.4, 0.5) is 9.93 Å². The molecule has 2 aliphatic rings.